The molecule has 1 aromatic carbocycles. The van der Waals surface area contributed by atoms with Crippen molar-refractivity contribution in [1.29, 1.82) is 0 Å². The summed E-state index contributed by atoms with van der Waals surface area (Å²) in [7, 11) is 0. The minimum Gasteiger partial charge on any atom is -0.493 e. The first-order chi connectivity index (χ1) is 9.75. The van der Waals surface area contributed by atoms with Gasteiger partial charge in [-0.3, -0.25) is 0 Å². The maximum absolute atomic E-state index is 10.8. The van der Waals surface area contributed by atoms with E-state index in [9.17, 15) is 4.79 Å². The Kier molecular flexibility index (Phi) is 6.06. The summed E-state index contributed by atoms with van der Waals surface area (Å²) in [6.45, 7) is 3.28. The summed E-state index contributed by atoms with van der Waals surface area (Å²) in [6, 6.07) is 8.96. The topological polar surface area (TPSA) is 38.3 Å². The molecule has 0 heterocycles. The molecule has 1 aliphatic carbocycles. The number of carbonyl (C=O) groups is 1. The van der Waals surface area contributed by atoms with E-state index >= 15 is 0 Å². The Hall–Kier alpha value is -1.35. The van der Waals surface area contributed by atoms with Gasteiger partial charge in [-0.15, -0.1) is 0 Å². The normalized spacial score (nSPS) is 14.2. The molecule has 0 aliphatic heterocycles. The molecule has 3 nitrogen and oxygen atoms in total. The van der Waals surface area contributed by atoms with Crippen LogP contribution in [-0.4, -0.2) is 18.4 Å². The lowest BCUT2D eigenvalue weighted by atomic mass is 10.1. The fourth-order valence-electron chi connectivity index (χ4n) is 2.17. The first-order valence-electron chi connectivity index (χ1n) is 7.69. The zero-order chi connectivity index (χ0) is 14.2. The number of hydrogen-bond acceptors (Lipinski definition) is 3. The van der Waals surface area contributed by atoms with Crippen molar-refractivity contribution in [2.75, 3.05) is 6.61 Å². The molecule has 110 valence electrons. The van der Waals surface area contributed by atoms with E-state index in [0.29, 0.717) is 6.42 Å². The van der Waals surface area contributed by atoms with Gasteiger partial charge in [0.1, 0.15) is 11.5 Å². The lowest BCUT2D eigenvalue weighted by Gasteiger charge is -2.12. The fourth-order valence-corrected chi connectivity index (χ4v) is 2.17. The van der Waals surface area contributed by atoms with Crippen LogP contribution < -0.4 is 10.1 Å². The zero-order valence-electron chi connectivity index (χ0n) is 12.4. The molecule has 1 fully saturated rings. The average molecular weight is 275 g/mol. The molecular formula is C17H25NO2. The van der Waals surface area contributed by atoms with Crippen LogP contribution in [0, 0.1) is 0 Å². The lowest BCUT2D eigenvalue weighted by molar-refractivity contribution is -0.117. The summed E-state index contributed by atoms with van der Waals surface area (Å²) < 4.78 is 5.87. The van der Waals surface area contributed by atoms with Gasteiger partial charge in [-0.25, -0.2) is 0 Å². The third-order valence-corrected chi connectivity index (χ3v) is 3.56. The van der Waals surface area contributed by atoms with E-state index in [1.54, 1.807) is 6.92 Å². The summed E-state index contributed by atoms with van der Waals surface area (Å²) in [5, 5.41) is 3.52. The Morgan fingerprint density at radius 1 is 1.25 bits per heavy atom. The number of carbonyl (C=O) groups excluding carboxylic acids is 1. The Morgan fingerprint density at radius 2 is 2.05 bits per heavy atom. The van der Waals surface area contributed by atoms with E-state index in [-0.39, 0.29) is 5.78 Å². The van der Waals surface area contributed by atoms with Crippen LogP contribution in [0.4, 0.5) is 0 Å². The van der Waals surface area contributed by atoms with Crippen molar-refractivity contribution >= 4 is 5.78 Å². The van der Waals surface area contributed by atoms with Crippen LogP contribution in [0.3, 0.4) is 0 Å². The van der Waals surface area contributed by atoms with E-state index in [0.717, 1.165) is 44.2 Å². The van der Waals surface area contributed by atoms with Crippen molar-refractivity contribution < 1.29 is 9.53 Å². The second-order valence-corrected chi connectivity index (χ2v) is 5.62. The average Bonchev–Trinajstić information content (AvgIpc) is 3.25. The van der Waals surface area contributed by atoms with E-state index in [1.165, 1.54) is 18.4 Å². The largest absolute Gasteiger partial charge is 0.493 e. The predicted molar refractivity (Wildman–Crippen MR) is 80.9 cm³/mol. The van der Waals surface area contributed by atoms with Crippen molar-refractivity contribution in [3.63, 3.8) is 0 Å². The Bertz CT molecular complexity index is 427. The zero-order valence-corrected chi connectivity index (χ0v) is 12.4. The molecular weight excluding hydrogens is 250 g/mol. The summed E-state index contributed by atoms with van der Waals surface area (Å²) in [5.74, 6) is 1.27. The number of nitrogens with one attached hydrogen (secondary N) is 1. The number of hydrogen-bond donors (Lipinski definition) is 1. The molecule has 0 saturated heterocycles. The van der Waals surface area contributed by atoms with Crippen molar-refractivity contribution in [2.45, 2.75) is 58.0 Å². The number of Topliss-reactive ketones (excluding diaryl/α,β-unsaturated/α-hetero) is 1. The minimum absolute atomic E-state index is 0.280. The molecule has 0 spiro atoms. The van der Waals surface area contributed by atoms with Crippen LogP contribution in [0.25, 0.3) is 0 Å². The highest BCUT2D eigenvalue weighted by atomic mass is 16.5. The first-order valence-corrected chi connectivity index (χ1v) is 7.69. The molecule has 1 aliphatic rings. The molecule has 1 N–H and O–H groups in total. The van der Waals surface area contributed by atoms with Crippen molar-refractivity contribution in [3.05, 3.63) is 29.8 Å². The molecule has 0 amide bonds. The second-order valence-electron chi connectivity index (χ2n) is 5.62. The number of para-hydroxylation sites is 1. The molecule has 0 bridgehead atoms. The Labute approximate surface area is 121 Å². The summed E-state index contributed by atoms with van der Waals surface area (Å²) in [4.78, 5) is 10.8. The van der Waals surface area contributed by atoms with Crippen molar-refractivity contribution in [3.8, 4) is 5.75 Å². The predicted octanol–water partition coefficient (Wildman–Crippen LogP) is 3.47. The summed E-state index contributed by atoms with van der Waals surface area (Å²) >= 11 is 0. The van der Waals surface area contributed by atoms with Gasteiger partial charge in [0.15, 0.2) is 0 Å². The third kappa shape index (κ3) is 5.74. The van der Waals surface area contributed by atoms with Gasteiger partial charge in [-0.05, 0) is 45.1 Å². The third-order valence-electron chi connectivity index (χ3n) is 3.56. The molecule has 0 unspecified atom stereocenters. The van der Waals surface area contributed by atoms with Gasteiger partial charge in [0.25, 0.3) is 0 Å². The maximum Gasteiger partial charge on any atom is 0.129 e. The Morgan fingerprint density at radius 3 is 2.80 bits per heavy atom. The molecule has 1 aromatic rings. The smallest absolute Gasteiger partial charge is 0.129 e. The molecule has 0 aromatic heterocycles. The minimum atomic E-state index is 0.280. The summed E-state index contributed by atoms with van der Waals surface area (Å²) in [6.07, 6.45) is 6.35. The van der Waals surface area contributed by atoms with Gasteiger partial charge >= 0.3 is 0 Å². The molecule has 1 saturated carbocycles. The number of ketones is 1. The van der Waals surface area contributed by atoms with Gasteiger partial charge in [-0.2, -0.15) is 0 Å². The lowest BCUT2D eigenvalue weighted by Crippen LogP contribution is -2.16. The van der Waals surface area contributed by atoms with Crippen molar-refractivity contribution in [2.24, 2.45) is 0 Å². The molecule has 20 heavy (non-hydrogen) atoms. The molecule has 3 heteroatoms. The number of ether oxygens (including phenoxy) is 1. The molecule has 0 atom stereocenters. The molecule has 0 radical (unpaired) electrons. The highest BCUT2D eigenvalue weighted by Gasteiger charge is 2.20. The van der Waals surface area contributed by atoms with Crippen LogP contribution in [-0.2, 0) is 11.3 Å². The van der Waals surface area contributed by atoms with Crippen LogP contribution in [0.2, 0.25) is 0 Å². The standard InChI is InChI=1S/C17H25NO2/c1-14(19)7-3-2-6-12-20-17-9-5-4-8-15(17)13-18-16-10-11-16/h4-5,8-9,16,18H,2-3,6-7,10-13H2,1H3. The maximum atomic E-state index is 10.8. The monoisotopic (exact) mass is 275 g/mol. The number of unbranched alkanes of at least 4 members (excludes halogenated alkanes) is 2. The summed E-state index contributed by atoms with van der Waals surface area (Å²) in [5.41, 5.74) is 1.24. The SMILES string of the molecule is CC(=O)CCCCCOc1ccccc1CNC1CC1. The van der Waals surface area contributed by atoms with Gasteiger partial charge < -0.3 is 14.8 Å². The van der Waals surface area contributed by atoms with E-state index in [4.69, 9.17) is 4.74 Å². The van der Waals surface area contributed by atoms with Crippen LogP contribution in [0.15, 0.2) is 24.3 Å². The Balaban J connectivity index is 1.67. The van der Waals surface area contributed by atoms with Crippen LogP contribution in [0.1, 0.15) is 51.0 Å². The van der Waals surface area contributed by atoms with Crippen molar-refractivity contribution in [1.82, 2.24) is 5.32 Å². The van der Waals surface area contributed by atoms with Crippen LogP contribution in [0.5, 0.6) is 5.75 Å². The first kappa shape index (κ1) is 15.0. The van der Waals surface area contributed by atoms with Gasteiger partial charge in [-0.1, -0.05) is 18.2 Å². The van der Waals surface area contributed by atoms with E-state index < -0.39 is 0 Å². The van der Waals surface area contributed by atoms with Gasteiger partial charge in [0.05, 0.1) is 6.61 Å². The number of benzene rings is 1. The van der Waals surface area contributed by atoms with Gasteiger partial charge in [0, 0.05) is 24.6 Å². The number of rotatable bonds is 10. The van der Waals surface area contributed by atoms with E-state index in [1.807, 2.05) is 12.1 Å². The highest BCUT2D eigenvalue weighted by molar-refractivity contribution is 5.75. The second kappa shape index (κ2) is 8.05. The van der Waals surface area contributed by atoms with Gasteiger partial charge in [0.2, 0.25) is 0 Å². The highest BCUT2D eigenvalue weighted by Crippen LogP contribution is 2.22. The van der Waals surface area contributed by atoms with E-state index in [2.05, 4.69) is 17.4 Å². The van der Waals surface area contributed by atoms with Crippen LogP contribution >= 0.6 is 0 Å². The fraction of sp³-hybridized carbons (Fsp3) is 0.588. The quantitative estimate of drug-likeness (QED) is 0.664. The molecule has 2 rings (SSSR count).